The quantitative estimate of drug-likeness (QED) is 0.366. The van der Waals surface area contributed by atoms with Crippen LogP contribution in [0.5, 0.6) is 0 Å². The van der Waals surface area contributed by atoms with Gasteiger partial charge in [0.15, 0.2) is 15.5 Å². The number of nitrogens with zero attached hydrogens (tertiary/aromatic N) is 4. The molecule has 4 heterocycles. The molecule has 1 fully saturated rings. The van der Waals surface area contributed by atoms with Gasteiger partial charge in [-0.15, -0.1) is 0 Å². The van der Waals surface area contributed by atoms with Gasteiger partial charge >= 0.3 is 0 Å². The summed E-state index contributed by atoms with van der Waals surface area (Å²) in [6.07, 6.45) is 5.78. The van der Waals surface area contributed by atoms with Gasteiger partial charge in [0.05, 0.1) is 16.7 Å². The molecular weight excluding hydrogens is 470 g/mol. The smallest absolute Gasteiger partial charge is 0.155 e. The zero-order chi connectivity index (χ0) is 25.6. The molecule has 7 nitrogen and oxygen atoms in total. The van der Waals surface area contributed by atoms with Crippen molar-refractivity contribution in [2.24, 2.45) is 0 Å². The van der Waals surface area contributed by atoms with Gasteiger partial charge in [-0.05, 0) is 93.4 Å². The highest BCUT2D eigenvalue weighted by molar-refractivity contribution is 7.92. The molecule has 0 spiro atoms. The van der Waals surface area contributed by atoms with E-state index >= 15 is 0 Å². The SMILES string of the molecule is Cc1cc2ncnn2cc1-c1[nH]c2ccc(C3CCN(CCS(=O)(=O)C(C)C)CC3)cc2c1C(C)C. The van der Waals surface area contributed by atoms with E-state index in [-0.39, 0.29) is 11.0 Å². The molecule has 1 aliphatic heterocycles. The van der Waals surface area contributed by atoms with E-state index < -0.39 is 9.84 Å². The minimum absolute atomic E-state index is 0.255. The van der Waals surface area contributed by atoms with Crippen molar-refractivity contribution in [1.82, 2.24) is 24.5 Å². The molecule has 1 saturated heterocycles. The number of hydrogen-bond donors (Lipinski definition) is 1. The van der Waals surface area contributed by atoms with Gasteiger partial charge in [0.1, 0.15) is 6.33 Å². The number of rotatable bonds is 7. The molecule has 4 aromatic rings. The number of hydrogen-bond acceptors (Lipinski definition) is 5. The highest BCUT2D eigenvalue weighted by atomic mass is 32.2. The molecule has 3 aromatic heterocycles. The van der Waals surface area contributed by atoms with Crippen LogP contribution in [-0.2, 0) is 9.84 Å². The average Bonchev–Trinajstić information content (AvgIpc) is 3.45. The number of aromatic nitrogens is 4. The van der Waals surface area contributed by atoms with Crippen LogP contribution >= 0.6 is 0 Å². The van der Waals surface area contributed by atoms with E-state index in [0.29, 0.717) is 18.4 Å². The molecule has 0 amide bonds. The predicted octanol–water partition coefficient (Wildman–Crippen LogP) is 5.31. The molecule has 1 aromatic carbocycles. The van der Waals surface area contributed by atoms with Crippen molar-refractivity contribution >= 4 is 26.4 Å². The Hall–Kier alpha value is -2.71. The van der Waals surface area contributed by atoms with Crippen molar-refractivity contribution in [3.63, 3.8) is 0 Å². The summed E-state index contributed by atoms with van der Waals surface area (Å²) in [5.74, 6) is 1.11. The van der Waals surface area contributed by atoms with Gasteiger partial charge < -0.3 is 9.88 Å². The van der Waals surface area contributed by atoms with E-state index in [2.05, 4.69) is 71.2 Å². The first-order valence-electron chi connectivity index (χ1n) is 13.0. The Morgan fingerprint density at radius 1 is 1.11 bits per heavy atom. The first-order chi connectivity index (χ1) is 17.1. The normalized spacial score (nSPS) is 16.2. The van der Waals surface area contributed by atoms with E-state index in [4.69, 9.17) is 0 Å². The van der Waals surface area contributed by atoms with Crippen LogP contribution in [0, 0.1) is 6.92 Å². The highest BCUT2D eigenvalue weighted by Crippen LogP contribution is 2.39. The molecule has 8 heteroatoms. The van der Waals surface area contributed by atoms with Crippen molar-refractivity contribution in [3.8, 4) is 11.3 Å². The minimum atomic E-state index is -2.99. The standard InChI is InChI=1S/C28H37N5O2S/c1-18(2)27-23-15-22(21-8-10-32(11-9-21)12-13-36(34,35)19(3)4)6-7-25(23)31-28(27)24-16-33-26(14-20(24)5)29-17-30-33/h6-7,14-19,21,31H,8-13H2,1-5H3. The van der Waals surface area contributed by atoms with Crippen LogP contribution in [-0.4, -0.2) is 63.5 Å². The van der Waals surface area contributed by atoms with E-state index in [1.165, 1.54) is 22.1 Å². The third-order valence-electron chi connectivity index (χ3n) is 7.80. The lowest BCUT2D eigenvalue weighted by atomic mass is 9.87. The second-order valence-electron chi connectivity index (χ2n) is 10.8. The van der Waals surface area contributed by atoms with Crippen molar-refractivity contribution < 1.29 is 8.42 Å². The largest absolute Gasteiger partial charge is 0.354 e. The summed E-state index contributed by atoms with van der Waals surface area (Å²) >= 11 is 0. The Balaban J connectivity index is 1.40. The maximum atomic E-state index is 12.2. The van der Waals surface area contributed by atoms with Crippen LogP contribution in [0.15, 0.2) is 36.8 Å². The molecule has 0 bridgehead atoms. The lowest BCUT2D eigenvalue weighted by Crippen LogP contribution is -2.37. The van der Waals surface area contributed by atoms with Crippen LogP contribution in [0.1, 0.15) is 69.1 Å². The third kappa shape index (κ3) is 4.68. The second kappa shape index (κ2) is 9.63. The van der Waals surface area contributed by atoms with Crippen LogP contribution in [0.3, 0.4) is 0 Å². The molecule has 1 aliphatic rings. The van der Waals surface area contributed by atoms with E-state index in [1.807, 2.05) is 4.52 Å². The number of fused-ring (bicyclic) bond motifs is 2. The molecule has 0 aliphatic carbocycles. The number of aromatic amines is 1. The summed E-state index contributed by atoms with van der Waals surface area (Å²) in [6.45, 7) is 12.7. The molecule has 36 heavy (non-hydrogen) atoms. The number of nitrogens with one attached hydrogen (secondary N) is 1. The Bertz CT molecular complexity index is 1490. The number of aryl methyl sites for hydroxylation is 1. The number of piperidine rings is 1. The summed E-state index contributed by atoms with van der Waals surface area (Å²) in [5.41, 5.74) is 8.22. The lowest BCUT2D eigenvalue weighted by Gasteiger charge is -2.32. The molecule has 0 atom stereocenters. The van der Waals surface area contributed by atoms with Crippen LogP contribution in [0.4, 0.5) is 0 Å². The molecule has 0 unspecified atom stereocenters. The first kappa shape index (κ1) is 25.0. The molecular formula is C28H37N5O2S. The fraction of sp³-hybridized carbons (Fsp3) is 0.500. The van der Waals surface area contributed by atoms with Gasteiger partial charge in [-0.25, -0.2) is 17.9 Å². The first-order valence-corrected chi connectivity index (χ1v) is 14.8. The fourth-order valence-electron chi connectivity index (χ4n) is 5.50. The molecule has 0 radical (unpaired) electrons. The van der Waals surface area contributed by atoms with Crippen molar-refractivity contribution in [2.45, 2.75) is 64.5 Å². The zero-order valence-corrected chi connectivity index (χ0v) is 22.8. The molecule has 192 valence electrons. The monoisotopic (exact) mass is 507 g/mol. The minimum Gasteiger partial charge on any atom is -0.354 e. The maximum absolute atomic E-state index is 12.2. The van der Waals surface area contributed by atoms with Crippen molar-refractivity contribution in [3.05, 3.63) is 53.5 Å². The van der Waals surface area contributed by atoms with Gasteiger partial charge in [-0.1, -0.05) is 19.9 Å². The topological polar surface area (TPSA) is 83.4 Å². The Kier molecular flexibility index (Phi) is 6.68. The van der Waals surface area contributed by atoms with Gasteiger partial charge in [0.25, 0.3) is 0 Å². The number of pyridine rings is 1. The third-order valence-corrected chi connectivity index (χ3v) is 9.99. The van der Waals surface area contributed by atoms with E-state index in [0.717, 1.165) is 48.4 Å². The predicted molar refractivity (Wildman–Crippen MR) is 146 cm³/mol. The molecule has 5 rings (SSSR count). The molecule has 0 saturated carbocycles. The van der Waals surface area contributed by atoms with Crippen LogP contribution in [0.25, 0.3) is 27.8 Å². The number of likely N-dealkylation sites (tertiary alicyclic amines) is 1. The van der Waals surface area contributed by atoms with Gasteiger partial charge in [0.2, 0.25) is 0 Å². The Labute approximate surface area is 213 Å². The van der Waals surface area contributed by atoms with E-state index in [1.54, 1.807) is 20.2 Å². The summed E-state index contributed by atoms with van der Waals surface area (Å²) in [4.78, 5) is 10.3. The number of H-pyrrole nitrogens is 1. The van der Waals surface area contributed by atoms with E-state index in [9.17, 15) is 8.42 Å². The lowest BCUT2D eigenvalue weighted by molar-refractivity contribution is 0.223. The number of benzene rings is 1. The second-order valence-corrected chi connectivity index (χ2v) is 13.5. The summed E-state index contributed by atoms with van der Waals surface area (Å²) in [5, 5.41) is 5.34. The summed E-state index contributed by atoms with van der Waals surface area (Å²) in [7, 11) is -2.99. The highest BCUT2D eigenvalue weighted by Gasteiger charge is 2.25. The Morgan fingerprint density at radius 3 is 2.56 bits per heavy atom. The maximum Gasteiger partial charge on any atom is 0.155 e. The van der Waals surface area contributed by atoms with Crippen LogP contribution in [0.2, 0.25) is 0 Å². The zero-order valence-electron chi connectivity index (χ0n) is 22.0. The van der Waals surface area contributed by atoms with Crippen LogP contribution < -0.4 is 0 Å². The summed E-state index contributed by atoms with van der Waals surface area (Å²) < 4.78 is 26.3. The van der Waals surface area contributed by atoms with Gasteiger partial charge in [-0.2, -0.15) is 5.10 Å². The van der Waals surface area contributed by atoms with Crippen molar-refractivity contribution in [2.75, 3.05) is 25.4 Å². The van der Waals surface area contributed by atoms with Crippen molar-refractivity contribution in [1.29, 1.82) is 0 Å². The van der Waals surface area contributed by atoms with Gasteiger partial charge in [-0.3, -0.25) is 0 Å². The van der Waals surface area contributed by atoms with Gasteiger partial charge in [0, 0.05) is 29.2 Å². The summed E-state index contributed by atoms with van der Waals surface area (Å²) in [6, 6.07) is 8.97. The fourth-order valence-corrected chi connectivity index (χ4v) is 6.48. The average molecular weight is 508 g/mol. The number of sulfone groups is 1. The molecule has 1 N–H and O–H groups in total. The Morgan fingerprint density at radius 2 is 1.86 bits per heavy atom.